The van der Waals surface area contributed by atoms with Crippen molar-refractivity contribution in [1.82, 2.24) is 20.4 Å². The number of hydrogen-bond donors (Lipinski definition) is 2. The second kappa shape index (κ2) is 2.78. The molecular weight excluding hydrogens is 166 g/mol. The lowest BCUT2D eigenvalue weighted by molar-refractivity contribution is 0.364. The highest BCUT2D eigenvalue weighted by Gasteiger charge is 2.46. The zero-order valence-electron chi connectivity index (χ0n) is 7.99. The topological polar surface area (TPSA) is 68.8 Å². The van der Waals surface area contributed by atoms with Crippen LogP contribution >= 0.6 is 0 Å². The fraction of sp³-hybridized carbons (Fsp3) is 0.750. The molecule has 1 aromatic rings. The Morgan fingerprint density at radius 3 is 2.77 bits per heavy atom. The summed E-state index contributed by atoms with van der Waals surface area (Å²) in [5.74, 6) is 5.51. The summed E-state index contributed by atoms with van der Waals surface area (Å²) < 4.78 is 1.70. The molecule has 2 rings (SSSR count). The van der Waals surface area contributed by atoms with Gasteiger partial charge < -0.3 is 0 Å². The Bertz CT molecular complexity index is 301. The van der Waals surface area contributed by atoms with Crippen molar-refractivity contribution in [3.8, 4) is 0 Å². The van der Waals surface area contributed by atoms with Gasteiger partial charge >= 0.3 is 0 Å². The first-order chi connectivity index (χ1) is 6.15. The van der Waals surface area contributed by atoms with Gasteiger partial charge in [-0.15, -0.1) is 5.10 Å². The van der Waals surface area contributed by atoms with E-state index in [4.69, 9.17) is 5.84 Å². The van der Waals surface area contributed by atoms with Gasteiger partial charge in [0.15, 0.2) is 0 Å². The van der Waals surface area contributed by atoms with Gasteiger partial charge in [-0.25, -0.2) is 0 Å². The first-order valence-electron chi connectivity index (χ1n) is 4.48. The average molecular weight is 181 g/mol. The van der Waals surface area contributed by atoms with Crippen molar-refractivity contribution in [3.63, 3.8) is 0 Å². The van der Waals surface area contributed by atoms with E-state index in [-0.39, 0.29) is 11.5 Å². The second-order valence-electron chi connectivity index (χ2n) is 4.07. The molecule has 1 aliphatic rings. The summed E-state index contributed by atoms with van der Waals surface area (Å²) in [6, 6.07) is 0.140. The zero-order chi connectivity index (χ0) is 9.47. The SMILES string of the molecule is Cn1cc(C(NN)C2(C)CC2)nn1. The summed E-state index contributed by atoms with van der Waals surface area (Å²) in [5.41, 5.74) is 4.04. The molecule has 13 heavy (non-hydrogen) atoms. The van der Waals surface area contributed by atoms with Crippen molar-refractivity contribution in [3.05, 3.63) is 11.9 Å². The van der Waals surface area contributed by atoms with E-state index in [1.807, 2.05) is 13.2 Å². The summed E-state index contributed by atoms with van der Waals surface area (Å²) in [6.07, 6.45) is 4.32. The summed E-state index contributed by atoms with van der Waals surface area (Å²) in [7, 11) is 1.86. The quantitative estimate of drug-likeness (QED) is 0.513. The third-order valence-corrected chi connectivity index (χ3v) is 2.82. The fourth-order valence-corrected chi connectivity index (χ4v) is 1.63. The Hall–Kier alpha value is -0.940. The van der Waals surface area contributed by atoms with E-state index in [0.29, 0.717) is 0 Å². The molecule has 1 aromatic heterocycles. The molecule has 1 unspecified atom stereocenters. The van der Waals surface area contributed by atoms with Gasteiger partial charge in [0.05, 0.1) is 6.04 Å². The summed E-state index contributed by atoms with van der Waals surface area (Å²) in [6.45, 7) is 2.21. The molecule has 5 heteroatoms. The van der Waals surface area contributed by atoms with E-state index >= 15 is 0 Å². The summed E-state index contributed by atoms with van der Waals surface area (Å²) in [4.78, 5) is 0. The van der Waals surface area contributed by atoms with Gasteiger partial charge in [-0.3, -0.25) is 16.0 Å². The molecule has 1 atom stereocenters. The van der Waals surface area contributed by atoms with Gasteiger partial charge in [-0.1, -0.05) is 12.1 Å². The van der Waals surface area contributed by atoms with Crippen molar-refractivity contribution in [2.75, 3.05) is 0 Å². The minimum Gasteiger partial charge on any atom is -0.271 e. The zero-order valence-corrected chi connectivity index (χ0v) is 7.99. The Morgan fingerprint density at radius 1 is 1.69 bits per heavy atom. The predicted octanol–water partition coefficient (Wildman–Crippen LogP) is 0.120. The van der Waals surface area contributed by atoms with E-state index < -0.39 is 0 Å². The van der Waals surface area contributed by atoms with Crippen LogP contribution in [0, 0.1) is 5.41 Å². The summed E-state index contributed by atoms with van der Waals surface area (Å²) >= 11 is 0. The minimum absolute atomic E-state index is 0.140. The molecule has 1 aliphatic carbocycles. The lowest BCUT2D eigenvalue weighted by Gasteiger charge is -2.19. The van der Waals surface area contributed by atoms with Crippen LogP contribution in [0.3, 0.4) is 0 Å². The number of hydrazine groups is 1. The number of nitrogens with zero attached hydrogens (tertiary/aromatic N) is 3. The molecule has 0 bridgehead atoms. The molecule has 0 spiro atoms. The first kappa shape index (κ1) is 8.65. The molecule has 0 aliphatic heterocycles. The Morgan fingerprint density at radius 2 is 2.38 bits per heavy atom. The normalized spacial score (nSPS) is 21.5. The number of hydrogen-bond acceptors (Lipinski definition) is 4. The molecular formula is C8H15N5. The van der Waals surface area contributed by atoms with Crippen LogP contribution in [0.2, 0.25) is 0 Å². The van der Waals surface area contributed by atoms with Gasteiger partial charge in [0, 0.05) is 13.2 Å². The van der Waals surface area contributed by atoms with Crippen LogP contribution < -0.4 is 11.3 Å². The van der Waals surface area contributed by atoms with Crippen LogP contribution in [0.1, 0.15) is 31.5 Å². The van der Waals surface area contributed by atoms with E-state index in [1.54, 1.807) is 4.68 Å². The van der Waals surface area contributed by atoms with Crippen LogP contribution in [-0.2, 0) is 7.05 Å². The third kappa shape index (κ3) is 1.45. The van der Waals surface area contributed by atoms with Crippen molar-refractivity contribution >= 4 is 0 Å². The minimum atomic E-state index is 0.140. The van der Waals surface area contributed by atoms with Crippen LogP contribution in [0.5, 0.6) is 0 Å². The number of aromatic nitrogens is 3. The van der Waals surface area contributed by atoms with Gasteiger partial charge in [-0.05, 0) is 18.3 Å². The molecule has 3 N–H and O–H groups in total. The molecule has 1 fully saturated rings. The molecule has 5 nitrogen and oxygen atoms in total. The highest BCUT2D eigenvalue weighted by atomic mass is 15.4. The highest BCUT2D eigenvalue weighted by molar-refractivity contribution is 5.11. The summed E-state index contributed by atoms with van der Waals surface area (Å²) in [5, 5.41) is 7.96. The number of nitrogens with two attached hydrogens (primary N) is 1. The van der Waals surface area contributed by atoms with Crippen LogP contribution in [0.25, 0.3) is 0 Å². The van der Waals surface area contributed by atoms with Gasteiger partial charge in [0.25, 0.3) is 0 Å². The molecule has 0 aromatic carbocycles. The average Bonchev–Trinajstić information content (AvgIpc) is 2.67. The number of aryl methyl sites for hydroxylation is 1. The van der Waals surface area contributed by atoms with Crippen LogP contribution in [-0.4, -0.2) is 15.0 Å². The maximum atomic E-state index is 5.51. The van der Waals surface area contributed by atoms with E-state index in [9.17, 15) is 0 Å². The first-order valence-corrected chi connectivity index (χ1v) is 4.48. The highest BCUT2D eigenvalue weighted by Crippen LogP contribution is 2.53. The van der Waals surface area contributed by atoms with E-state index in [2.05, 4.69) is 22.7 Å². The standard InChI is InChI=1S/C8H15N5/c1-8(3-4-8)7(10-9)6-5-13(2)12-11-6/h5,7,10H,3-4,9H2,1-2H3. The lowest BCUT2D eigenvalue weighted by atomic mass is 9.97. The van der Waals surface area contributed by atoms with Crippen molar-refractivity contribution < 1.29 is 0 Å². The Balaban J connectivity index is 2.22. The molecule has 0 amide bonds. The van der Waals surface area contributed by atoms with Crippen molar-refractivity contribution in [2.45, 2.75) is 25.8 Å². The molecule has 1 saturated carbocycles. The predicted molar refractivity (Wildman–Crippen MR) is 48.4 cm³/mol. The van der Waals surface area contributed by atoms with E-state index in [0.717, 1.165) is 5.69 Å². The largest absolute Gasteiger partial charge is 0.271 e. The van der Waals surface area contributed by atoms with Gasteiger partial charge in [0.1, 0.15) is 5.69 Å². The maximum absolute atomic E-state index is 5.51. The van der Waals surface area contributed by atoms with Gasteiger partial charge in [-0.2, -0.15) is 0 Å². The van der Waals surface area contributed by atoms with Gasteiger partial charge in [0.2, 0.25) is 0 Å². The molecule has 72 valence electrons. The Labute approximate surface area is 77.3 Å². The monoisotopic (exact) mass is 181 g/mol. The number of nitrogens with one attached hydrogen (secondary N) is 1. The molecule has 0 radical (unpaired) electrons. The molecule has 0 saturated heterocycles. The fourth-order valence-electron chi connectivity index (χ4n) is 1.63. The second-order valence-corrected chi connectivity index (χ2v) is 4.07. The van der Waals surface area contributed by atoms with Crippen molar-refractivity contribution in [2.24, 2.45) is 18.3 Å². The van der Waals surface area contributed by atoms with Crippen LogP contribution in [0.4, 0.5) is 0 Å². The molecule has 1 heterocycles. The maximum Gasteiger partial charge on any atom is 0.101 e. The van der Waals surface area contributed by atoms with E-state index in [1.165, 1.54) is 12.8 Å². The van der Waals surface area contributed by atoms with Crippen molar-refractivity contribution in [1.29, 1.82) is 0 Å². The Kier molecular flexibility index (Phi) is 1.85. The lowest BCUT2D eigenvalue weighted by Crippen LogP contribution is -2.33. The number of rotatable bonds is 3. The van der Waals surface area contributed by atoms with Crippen LogP contribution in [0.15, 0.2) is 6.20 Å². The smallest absolute Gasteiger partial charge is 0.101 e. The third-order valence-electron chi connectivity index (χ3n) is 2.82.